The van der Waals surface area contributed by atoms with Crippen molar-refractivity contribution in [3.63, 3.8) is 0 Å². The van der Waals surface area contributed by atoms with E-state index in [1.807, 2.05) is 24.5 Å². The molecule has 0 spiro atoms. The highest BCUT2D eigenvalue weighted by Crippen LogP contribution is 2.25. The Kier molecular flexibility index (Phi) is 3.08. The maximum absolute atomic E-state index is 4.14. The standard InChI is InChI=1S/C13H13N2/c1-2-13(11-5-3-7-14-9-11)12-6-4-8-15-10-12/h2-10,13H,1H3. The van der Waals surface area contributed by atoms with Crippen molar-refractivity contribution < 1.29 is 0 Å². The SMILES string of the molecule is C[CH]C(c1cccnc1)c1cccnc1. The van der Waals surface area contributed by atoms with Crippen LogP contribution in [0.1, 0.15) is 24.0 Å². The highest BCUT2D eigenvalue weighted by molar-refractivity contribution is 5.31. The first-order valence-corrected chi connectivity index (χ1v) is 5.01. The van der Waals surface area contributed by atoms with Crippen molar-refractivity contribution >= 4 is 0 Å². The predicted molar refractivity (Wildman–Crippen MR) is 60.3 cm³/mol. The van der Waals surface area contributed by atoms with E-state index >= 15 is 0 Å². The summed E-state index contributed by atoms with van der Waals surface area (Å²) in [5.41, 5.74) is 2.40. The third-order valence-electron chi connectivity index (χ3n) is 2.42. The van der Waals surface area contributed by atoms with Crippen molar-refractivity contribution in [2.75, 3.05) is 0 Å². The average molecular weight is 197 g/mol. The lowest BCUT2D eigenvalue weighted by atomic mass is 9.91. The van der Waals surface area contributed by atoms with E-state index in [1.54, 1.807) is 12.4 Å². The fourth-order valence-electron chi connectivity index (χ4n) is 1.70. The van der Waals surface area contributed by atoms with Gasteiger partial charge in [0.25, 0.3) is 0 Å². The van der Waals surface area contributed by atoms with Gasteiger partial charge < -0.3 is 0 Å². The third kappa shape index (κ3) is 2.21. The molecular formula is C13H13N2. The molecular weight excluding hydrogens is 184 g/mol. The molecule has 2 aromatic heterocycles. The van der Waals surface area contributed by atoms with Crippen molar-refractivity contribution in [2.45, 2.75) is 12.8 Å². The average Bonchev–Trinajstić information content (AvgIpc) is 2.33. The van der Waals surface area contributed by atoms with E-state index in [0.717, 1.165) is 0 Å². The van der Waals surface area contributed by atoms with E-state index < -0.39 is 0 Å². The summed E-state index contributed by atoms with van der Waals surface area (Å²) < 4.78 is 0. The molecule has 0 aromatic carbocycles. The summed E-state index contributed by atoms with van der Waals surface area (Å²) in [4.78, 5) is 8.28. The number of aromatic nitrogens is 2. The van der Waals surface area contributed by atoms with Crippen LogP contribution in [-0.4, -0.2) is 9.97 Å². The first-order valence-electron chi connectivity index (χ1n) is 5.01. The van der Waals surface area contributed by atoms with Gasteiger partial charge in [-0.25, -0.2) is 0 Å². The summed E-state index contributed by atoms with van der Waals surface area (Å²) in [5, 5.41) is 0. The molecule has 75 valence electrons. The molecule has 0 saturated heterocycles. The monoisotopic (exact) mass is 197 g/mol. The van der Waals surface area contributed by atoms with Crippen LogP contribution in [-0.2, 0) is 0 Å². The molecule has 0 amide bonds. The Morgan fingerprint density at radius 2 is 1.53 bits per heavy atom. The summed E-state index contributed by atoms with van der Waals surface area (Å²) in [6.07, 6.45) is 9.54. The van der Waals surface area contributed by atoms with Crippen LogP contribution < -0.4 is 0 Å². The minimum absolute atomic E-state index is 0.285. The van der Waals surface area contributed by atoms with Crippen LogP contribution in [0.5, 0.6) is 0 Å². The first-order chi connectivity index (χ1) is 7.42. The minimum atomic E-state index is 0.285. The highest BCUT2D eigenvalue weighted by atomic mass is 14.6. The molecule has 0 saturated carbocycles. The molecule has 0 aliphatic rings. The highest BCUT2D eigenvalue weighted by Gasteiger charge is 2.11. The van der Waals surface area contributed by atoms with Crippen molar-refractivity contribution in [1.82, 2.24) is 9.97 Å². The van der Waals surface area contributed by atoms with Crippen LogP contribution >= 0.6 is 0 Å². The topological polar surface area (TPSA) is 25.8 Å². The van der Waals surface area contributed by atoms with Gasteiger partial charge in [-0.3, -0.25) is 9.97 Å². The van der Waals surface area contributed by atoms with E-state index in [4.69, 9.17) is 0 Å². The van der Waals surface area contributed by atoms with Gasteiger partial charge in [0.1, 0.15) is 0 Å². The molecule has 0 N–H and O–H groups in total. The van der Waals surface area contributed by atoms with Gasteiger partial charge in [0.05, 0.1) is 0 Å². The number of pyridine rings is 2. The summed E-state index contributed by atoms with van der Waals surface area (Å²) in [6.45, 7) is 2.06. The van der Waals surface area contributed by atoms with Crippen molar-refractivity contribution in [3.8, 4) is 0 Å². The molecule has 2 heteroatoms. The fourth-order valence-corrected chi connectivity index (χ4v) is 1.70. The number of nitrogens with zero attached hydrogens (tertiary/aromatic N) is 2. The van der Waals surface area contributed by atoms with E-state index in [2.05, 4.69) is 35.4 Å². The number of hydrogen-bond donors (Lipinski definition) is 0. The smallest absolute Gasteiger partial charge is 0.0306 e. The minimum Gasteiger partial charge on any atom is -0.264 e. The molecule has 2 nitrogen and oxygen atoms in total. The van der Waals surface area contributed by atoms with Gasteiger partial charge in [0, 0.05) is 30.7 Å². The Labute approximate surface area is 90.0 Å². The summed E-state index contributed by atoms with van der Waals surface area (Å²) in [6, 6.07) is 8.10. The Morgan fingerprint density at radius 3 is 1.87 bits per heavy atom. The van der Waals surface area contributed by atoms with Gasteiger partial charge >= 0.3 is 0 Å². The molecule has 2 aromatic rings. The third-order valence-corrected chi connectivity index (χ3v) is 2.42. The summed E-state index contributed by atoms with van der Waals surface area (Å²) in [5.74, 6) is 0.285. The summed E-state index contributed by atoms with van der Waals surface area (Å²) in [7, 11) is 0. The lowest BCUT2D eigenvalue weighted by Gasteiger charge is -2.14. The lowest BCUT2D eigenvalue weighted by molar-refractivity contribution is 0.919. The molecule has 0 aliphatic heterocycles. The molecule has 15 heavy (non-hydrogen) atoms. The second-order valence-electron chi connectivity index (χ2n) is 3.38. The Bertz CT molecular complexity index is 358. The van der Waals surface area contributed by atoms with Crippen LogP contribution in [0.2, 0.25) is 0 Å². The van der Waals surface area contributed by atoms with Crippen LogP contribution in [0.15, 0.2) is 49.1 Å². The Morgan fingerprint density at radius 1 is 1.00 bits per heavy atom. The molecule has 0 fully saturated rings. The molecule has 1 radical (unpaired) electrons. The second kappa shape index (κ2) is 4.69. The molecule has 0 aliphatic carbocycles. The van der Waals surface area contributed by atoms with Crippen molar-refractivity contribution in [1.29, 1.82) is 0 Å². The zero-order valence-corrected chi connectivity index (χ0v) is 8.67. The van der Waals surface area contributed by atoms with Gasteiger partial charge in [-0.15, -0.1) is 0 Å². The van der Waals surface area contributed by atoms with Crippen molar-refractivity contribution in [3.05, 3.63) is 66.6 Å². The van der Waals surface area contributed by atoms with E-state index in [1.165, 1.54) is 11.1 Å². The Balaban J connectivity index is 2.34. The molecule has 0 unspecified atom stereocenters. The maximum Gasteiger partial charge on any atom is 0.0306 e. The lowest BCUT2D eigenvalue weighted by Crippen LogP contribution is -2.00. The van der Waals surface area contributed by atoms with Crippen LogP contribution in [0.4, 0.5) is 0 Å². The van der Waals surface area contributed by atoms with Gasteiger partial charge in [-0.05, 0) is 29.7 Å². The van der Waals surface area contributed by atoms with Crippen LogP contribution in [0.25, 0.3) is 0 Å². The van der Waals surface area contributed by atoms with Crippen LogP contribution in [0, 0.1) is 6.42 Å². The van der Waals surface area contributed by atoms with Gasteiger partial charge in [-0.2, -0.15) is 0 Å². The molecule has 0 bridgehead atoms. The Hall–Kier alpha value is -1.70. The molecule has 0 atom stereocenters. The molecule has 2 heterocycles. The zero-order chi connectivity index (χ0) is 10.5. The second-order valence-corrected chi connectivity index (χ2v) is 3.38. The van der Waals surface area contributed by atoms with Crippen LogP contribution in [0.3, 0.4) is 0 Å². The largest absolute Gasteiger partial charge is 0.264 e. The zero-order valence-electron chi connectivity index (χ0n) is 8.67. The van der Waals surface area contributed by atoms with Gasteiger partial charge in [-0.1, -0.05) is 19.1 Å². The molecule has 2 rings (SSSR count). The predicted octanol–water partition coefficient (Wildman–Crippen LogP) is 2.83. The van der Waals surface area contributed by atoms with E-state index in [0.29, 0.717) is 0 Å². The maximum atomic E-state index is 4.14. The van der Waals surface area contributed by atoms with Gasteiger partial charge in [0.15, 0.2) is 0 Å². The van der Waals surface area contributed by atoms with E-state index in [-0.39, 0.29) is 5.92 Å². The first kappa shape index (κ1) is 9.84. The fraction of sp³-hybridized carbons (Fsp3) is 0.154. The summed E-state index contributed by atoms with van der Waals surface area (Å²) >= 11 is 0. The van der Waals surface area contributed by atoms with Crippen molar-refractivity contribution in [2.24, 2.45) is 0 Å². The normalized spacial score (nSPS) is 10.5. The quantitative estimate of drug-likeness (QED) is 0.756. The number of rotatable bonds is 3. The van der Waals surface area contributed by atoms with Gasteiger partial charge in [0.2, 0.25) is 0 Å². The van der Waals surface area contributed by atoms with E-state index in [9.17, 15) is 0 Å². The number of hydrogen-bond acceptors (Lipinski definition) is 2.